The van der Waals surface area contributed by atoms with Crippen molar-refractivity contribution >= 4 is 17.8 Å². The summed E-state index contributed by atoms with van der Waals surface area (Å²) in [6.45, 7) is 2.02. The topological polar surface area (TPSA) is 86.7 Å². The first-order valence-corrected chi connectivity index (χ1v) is 8.26. The quantitative estimate of drug-likeness (QED) is 0.797. The van der Waals surface area contributed by atoms with Crippen LogP contribution in [0.4, 0.5) is 0 Å². The van der Waals surface area contributed by atoms with E-state index in [1.807, 2.05) is 4.90 Å². The Morgan fingerprint density at radius 3 is 2.41 bits per heavy atom. The van der Waals surface area contributed by atoms with E-state index in [0.29, 0.717) is 6.54 Å². The minimum atomic E-state index is -1.19. The Kier molecular flexibility index (Phi) is 3.87. The highest BCUT2D eigenvalue weighted by atomic mass is 16.4. The maximum absolute atomic E-state index is 12.5. The molecular formula is C16H24N2O4. The van der Waals surface area contributed by atoms with E-state index in [2.05, 4.69) is 5.32 Å². The Labute approximate surface area is 130 Å². The predicted octanol–water partition coefficient (Wildman–Crippen LogP) is 1.15. The van der Waals surface area contributed by atoms with Gasteiger partial charge in [-0.05, 0) is 38.5 Å². The molecule has 2 aliphatic carbocycles. The Morgan fingerprint density at radius 1 is 1.23 bits per heavy atom. The van der Waals surface area contributed by atoms with Gasteiger partial charge in [0.25, 0.3) is 0 Å². The molecule has 3 aliphatic rings. The van der Waals surface area contributed by atoms with Crippen LogP contribution in [0.3, 0.4) is 0 Å². The lowest BCUT2D eigenvalue weighted by Crippen LogP contribution is -2.55. The van der Waals surface area contributed by atoms with Crippen LogP contribution >= 0.6 is 0 Å². The van der Waals surface area contributed by atoms with Crippen molar-refractivity contribution in [2.24, 2.45) is 11.8 Å². The second-order valence-electron chi connectivity index (χ2n) is 7.16. The van der Waals surface area contributed by atoms with Gasteiger partial charge in [0.15, 0.2) is 0 Å². The van der Waals surface area contributed by atoms with Gasteiger partial charge in [-0.3, -0.25) is 9.59 Å². The van der Waals surface area contributed by atoms with Gasteiger partial charge < -0.3 is 15.3 Å². The van der Waals surface area contributed by atoms with Crippen LogP contribution < -0.4 is 5.32 Å². The van der Waals surface area contributed by atoms with Gasteiger partial charge in [0, 0.05) is 19.0 Å². The molecule has 0 aromatic rings. The zero-order chi connectivity index (χ0) is 15.9. The Bertz CT molecular complexity index is 496. The van der Waals surface area contributed by atoms with Crippen LogP contribution in [0.1, 0.15) is 51.9 Å². The number of nitrogens with one attached hydrogen (secondary N) is 1. The summed E-state index contributed by atoms with van der Waals surface area (Å²) in [7, 11) is 0. The first-order valence-electron chi connectivity index (χ1n) is 8.26. The third-order valence-electron chi connectivity index (χ3n) is 5.52. The van der Waals surface area contributed by atoms with E-state index in [1.165, 1.54) is 0 Å². The van der Waals surface area contributed by atoms with Crippen LogP contribution in [0.25, 0.3) is 0 Å². The molecule has 0 aromatic carbocycles. The molecule has 1 aliphatic heterocycles. The zero-order valence-corrected chi connectivity index (χ0v) is 13.0. The van der Waals surface area contributed by atoms with Crippen LogP contribution in [0.15, 0.2) is 0 Å². The third-order valence-corrected chi connectivity index (χ3v) is 5.52. The average Bonchev–Trinajstić information content (AvgIpc) is 3.05. The molecule has 0 spiro atoms. The number of carbonyl (C=O) groups is 3. The van der Waals surface area contributed by atoms with Gasteiger partial charge in [0.05, 0.1) is 5.92 Å². The lowest BCUT2D eigenvalue weighted by atomic mass is 9.94. The SMILES string of the molecule is C[C@@](NC(=O)[C@@H]1CC(=O)N(C2CCCC2)C1)(C(=O)O)C1CC1. The molecule has 6 nitrogen and oxygen atoms in total. The normalized spacial score (nSPS) is 28.7. The summed E-state index contributed by atoms with van der Waals surface area (Å²) in [6, 6.07) is 0.277. The number of nitrogens with zero attached hydrogens (tertiary/aromatic N) is 1. The maximum Gasteiger partial charge on any atom is 0.329 e. The molecule has 0 aromatic heterocycles. The summed E-state index contributed by atoms with van der Waals surface area (Å²) in [5.41, 5.74) is -1.19. The van der Waals surface area contributed by atoms with Crippen molar-refractivity contribution in [3.05, 3.63) is 0 Å². The lowest BCUT2D eigenvalue weighted by molar-refractivity contribution is -0.148. The van der Waals surface area contributed by atoms with Crippen molar-refractivity contribution in [3.63, 3.8) is 0 Å². The summed E-state index contributed by atoms with van der Waals surface area (Å²) < 4.78 is 0. The number of carboxylic acids is 1. The van der Waals surface area contributed by atoms with Crippen molar-refractivity contribution in [2.45, 2.75) is 63.5 Å². The Balaban J connectivity index is 1.63. The molecule has 0 radical (unpaired) electrons. The zero-order valence-electron chi connectivity index (χ0n) is 13.0. The minimum absolute atomic E-state index is 0.0111. The highest BCUT2D eigenvalue weighted by Gasteiger charge is 2.50. The smallest absolute Gasteiger partial charge is 0.329 e. The molecule has 0 unspecified atom stereocenters. The number of hydrogen-bond donors (Lipinski definition) is 2. The summed E-state index contributed by atoms with van der Waals surface area (Å²) in [5.74, 6) is -1.64. The molecule has 1 heterocycles. The van der Waals surface area contributed by atoms with Crippen molar-refractivity contribution in [2.75, 3.05) is 6.54 Å². The molecule has 3 rings (SSSR count). The van der Waals surface area contributed by atoms with Gasteiger partial charge in [-0.15, -0.1) is 0 Å². The predicted molar refractivity (Wildman–Crippen MR) is 79.0 cm³/mol. The average molecular weight is 308 g/mol. The van der Waals surface area contributed by atoms with E-state index >= 15 is 0 Å². The second kappa shape index (κ2) is 5.56. The van der Waals surface area contributed by atoms with Gasteiger partial charge in [0.1, 0.15) is 5.54 Å². The van der Waals surface area contributed by atoms with Crippen molar-refractivity contribution in [3.8, 4) is 0 Å². The van der Waals surface area contributed by atoms with Crippen LogP contribution in [-0.4, -0.2) is 45.9 Å². The first kappa shape index (κ1) is 15.3. The third kappa shape index (κ3) is 2.71. The lowest BCUT2D eigenvalue weighted by Gasteiger charge is -2.28. The van der Waals surface area contributed by atoms with Gasteiger partial charge in [-0.2, -0.15) is 0 Å². The van der Waals surface area contributed by atoms with Gasteiger partial charge in [-0.1, -0.05) is 12.8 Å². The number of hydrogen-bond acceptors (Lipinski definition) is 3. The maximum atomic E-state index is 12.5. The van der Waals surface area contributed by atoms with Crippen LogP contribution in [-0.2, 0) is 14.4 Å². The highest BCUT2D eigenvalue weighted by molar-refractivity contribution is 5.93. The fourth-order valence-corrected chi connectivity index (χ4v) is 3.82. The van der Waals surface area contributed by atoms with Crippen molar-refractivity contribution in [1.29, 1.82) is 0 Å². The molecule has 0 bridgehead atoms. The van der Waals surface area contributed by atoms with E-state index in [9.17, 15) is 19.5 Å². The largest absolute Gasteiger partial charge is 0.480 e. The fraction of sp³-hybridized carbons (Fsp3) is 0.812. The van der Waals surface area contributed by atoms with Crippen molar-refractivity contribution in [1.82, 2.24) is 10.2 Å². The van der Waals surface area contributed by atoms with Gasteiger partial charge >= 0.3 is 5.97 Å². The highest BCUT2D eigenvalue weighted by Crippen LogP contribution is 2.40. The number of rotatable bonds is 5. The van der Waals surface area contributed by atoms with Gasteiger partial charge in [0.2, 0.25) is 11.8 Å². The summed E-state index contributed by atoms with van der Waals surface area (Å²) in [4.78, 5) is 37.9. The van der Waals surface area contributed by atoms with Crippen LogP contribution in [0.5, 0.6) is 0 Å². The molecule has 2 amide bonds. The molecule has 22 heavy (non-hydrogen) atoms. The molecule has 6 heteroatoms. The fourth-order valence-electron chi connectivity index (χ4n) is 3.82. The number of carboxylic acid groups (broad SMARTS) is 1. The van der Waals surface area contributed by atoms with E-state index in [1.54, 1.807) is 6.92 Å². The molecule has 2 saturated carbocycles. The number of carbonyl (C=O) groups excluding carboxylic acids is 2. The van der Waals surface area contributed by atoms with Crippen molar-refractivity contribution < 1.29 is 19.5 Å². The van der Waals surface area contributed by atoms with Crippen LogP contribution in [0.2, 0.25) is 0 Å². The van der Waals surface area contributed by atoms with Gasteiger partial charge in [-0.25, -0.2) is 4.79 Å². The number of aliphatic carboxylic acids is 1. The van der Waals surface area contributed by atoms with E-state index < -0.39 is 17.4 Å². The second-order valence-corrected chi connectivity index (χ2v) is 7.16. The Morgan fingerprint density at radius 2 is 1.86 bits per heavy atom. The number of likely N-dealkylation sites (tertiary alicyclic amines) is 1. The molecule has 1 saturated heterocycles. The molecule has 2 atom stereocenters. The van der Waals surface area contributed by atoms with E-state index in [-0.39, 0.29) is 30.2 Å². The summed E-state index contributed by atoms with van der Waals surface area (Å²) >= 11 is 0. The monoisotopic (exact) mass is 308 g/mol. The first-order chi connectivity index (χ1) is 10.4. The molecule has 122 valence electrons. The minimum Gasteiger partial charge on any atom is -0.480 e. The molecule has 2 N–H and O–H groups in total. The van der Waals surface area contributed by atoms with E-state index in [4.69, 9.17) is 0 Å². The molecular weight excluding hydrogens is 284 g/mol. The standard InChI is InChI=1S/C16H24N2O4/c1-16(15(21)22,11-6-7-11)17-14(20)10-8-13(19)18(9-10)12-4-2-3-5-12/h10-12H,2-9H2,1H3,(H,17,20)(H,21,22)/t10-,16+/m1/s1. The summed E-state index contributed by atoms with van der Waals surface area (Å²) in [6.07, 6.45) is 6.21. The summed E-state index contributed by atoms with van der Waals surface area (Å²) in [5, 5.41) is 12.1. The number of amides is 2. The Hall–Kier alpha value is -1.59. The van der Waals surface area contributed by atoms with E-state index in [0.717, 1.165) is 38.5 Å². The molecule has 3 fully saturated rings. The van der Waals surface area contributed by atoms with Crippen LogP contribution in [0, 0.1) is 11.8 Å².